The zero-order valence-corrected chi connectivity index (χ0v) is 11.6. The summed E-state index contributed by atoms with van der Waals surface area (Å²) in [6.45, 7) is 2.06. The number of nitrogens with two attached hydrogens (primary N) is 1. The number of carbonyl (C=O) groups excluding carboxylic acids is 1. The van der Waals surface area contributed by atoms with Crippen LogP contribution in [0.15, 0.2) is 24.3 Å². The van der Waals surface area contributed by atoms with Crippen LogP contribution in [-0.2, 0) is 11.2 Å². The normalized spacial score (nSPS) is 9.21. The van der Waals surface area contributed by atoms with Gasteiger partial charge in [0.15, 0.2) is 0 Å². The van der Waals surface area contributed by atoms with E-state index in [1.807, 2.05) is 0 Å². The Kier molecular flexibility index (Phi) is 7.41. The van der Waals surface area contributed by atoms with E-state index in [2.05, 4.69) is 31.2 Å². The average molecular weight is 317 g/mol. The zero-order chi connectivity index (χ0) is 9.68. The van der Waals surface area contributed by atoms with E-state index in [0.29, 0.717) is 6.42 Å². The molecule has 0 aliphatic rings. The zero-order valence-electron chi connectivity index (χ0n) is 8.42. The van der Waals surface area contributed by atoms with E-state index in [1.54, 1.807) is 0 Å². The first-order valence-corrected chi connectivity index (χ1v) is 4.52. The second-order valence-electron chi connectivity index (χ2n) is 3.31. The number of primary amides is 1. The molecule has 0 heterocycles. The molecule has 0 aliphatic carbocycles. The Morgan fingerprint density at radius 2 is 1.86 bits per heavy atom. The summed E-state index contributed by atoms with van der Waals surface area (Å²) in [5, 5.41) is 0. The van der Waals surface area contributed by atoms with Crippen LogP contribution in [-0.4, -0.2) is 5.91 Å². The third-order valence-electron chi connectivity index (χ3n) is 2.01. The van der Waals surface area contributed by atoms with Crippen molar-refractivity contribution < 1.29 is 46.5 Å². The van der Waals surface area contributed by atoms with Crippen LogP contribution in [0.3, 0.4) is 0 Å². The fraction of sp³-hybridized carbons (Fsp3) is 0.364. The second kappa shape index (κ2) is 7.37. The minimum absolute atomic E-state index is 0. The summed E-state index contributed by atoms with van der Waals surface area (Å²) in [7, 11) is 0. The van der Waals surface area contributed by atoms with Crippen LogP contribution >= 0.6 is 0 Å². The number of amides is 1. The monoisotopic (exact) mass is 317 g/mol. The molecular weight excluding hydrogens is 302 g/mol. The van der Waals surface area contributed by atoms with Gasteiger partial charge in [-0.3, -0.25) is 4.79 Å². The minimum atomic E-state index is -0.216. The first-order chi connectivity index (χ1) is 6.18. The Labute approximate surface area is 119 Å². The van der Waals surface area contributed by atoms with E-state index in [9.17, 15) is 4.79 Å². The van der Waals surface area contributed by atoms with Crippen molar-refractivity contribution in [1.82, 2.24) is 0 Å². The summed E-state index contributed by atoms with van der Waals surface area (Å²) < 4.78 is 0. The van der Waals surface area contributed by atoms with Crippen molar-refractivity contribution in [3.63, 3.8) is 0 Å². The summed E-state index contributed by atoms with van der Waals surface area (Å²) in [5.74, 6) is -0.216. The number of benzene rings is 1. The van der Waals surface area contributed by atoms with Gasteiger partial charge in [-0.15, -0.1) is 0 Å². The Hall–Kier alpha value is 0.0666. The van der Waals surface area contributed by atoms with Crippen molar-refractivity contribution in [2.24, 2.45) is 5.73 Å². The van der Waals surface area contributed by atoms with Gasteiger partial charge in [0.2, 0.25) is 5.91 Å². The van der Waals surface area contributed by atoms with E-state index < -0.39 is 0 Å². The Balaban J connectivity index is 0.00000169. The number of carbonyl (C=O) groups is 1. The Bertz CT molecular complexity index is 282. The van der Waals surface area contributed by atoms with E-state index in [-0.39, 0.29) is 47.7 Å². The minimum Gasteiger partial charge on any atom is -0.370 e. The summed E-state index contributed by atoms with van der Waals surface area (Å²) >= 11 is 0. The molecule has 0 unspecified atom stereocenters. The number of hydrogen-bond acceptors (Lipinski definition) is 1. The van der Waals surface area contributed by atoms with Gasteiger partial charge in [-0.25, -0.2) is 0 Å². The van der Waals surface area contributed by atoms with Crippen LogP contribution < -0.4 is 5.73 Å². The maximum Gasteiger partial charge on any atom is 0.217 e. The molecule has 0 spiro atoms. The van der Waals surface area contributed by atoms with Crippen molar-refractivity contribution in [3.8, 4) is 0 Å². The first kappa shape index (κ1) is 14.1. The van der Waals surface area contributed by atoms with Crippen molar-refractivity contribution in [2.45, 2.75) is 26.2 Å². The molecule has 0 bridgehead atoms. The summed E-state index contributed by atoms with van der Waals surface area (Å²) in [5.41, 5.74) is 7.57. The summed E-state index contributed by atoms with van der Waals surface area (Å²) in [6.07, 6.45) is 2.26. The van der Waals surface area contributed by atoms with Gasteiger partial charge in [0.1, 0.15) is 0 Å². The Morgan fingerprint density at radius 3 is 2.36 bits per heavy atom. The smallest absolute Gasteiger partial charge is 0.217 e. The maximum atomic E-state index is 10.5. The molecule has 0 aromatic heterocycles. The fourth-order valence-corrected chi connectivity index (χ4v) is 1.22. The molecular formula is C11H15CeNO. The maximum absolute atomic E-state index is 10.5. The van der Waals surface area contributed by atoms with E-state index in [4.69, 9.17) is 5.73 Å². The standard InChI is InChI=1S/C11H15NO.Ce/c1-9-5-7-10(8-6-9)3-2-4-11(12)13;/h5-8H,2-4H2,1H3,(H2,12,13);. The van der Waals surface area contributed by atoms with E-state index >= 15 is 0 Å². The third kappa shape index (κ3) is 5.72. The van der Waals surface area contributed by atoms with Crippen LogP contribution in [0, 0.1) is 48.7 Å². The van der Waals surface area contributed by atoms with Gasteiger partial charge >= 0.3 is 0 Å². The van der Waals surface area contributed by atoms with Crippen LogP contribution in [0.2, 0.25) is 0 Å². The molecule has 0 aliphatic heterocycles. The van der Waals surface area contributed by atoms with Gasteiger partial charge in [0.25, 0.3) is 0 Å². The van der Waals surface area contributed by atoms with Crippen LogP contribution in [0.25, 0.3) is 0 Å². The molecule has 1 amide bonds. The summed E-state index contributed by atoms with van der Waals surface area (Å²) in [6, 6.07) is 8.35. The molecule has 74 valence electrons. The van der Waals surface area contributed by atoms with Crippen LogP contribution in [0.4, 0.5) is 0 Å². The topological polar surface area (TPSA) is 43.1 Å². The van der Waals surface area contributed by atoms with Gasteiger partial charge in [-0.1, -0.05) is 29.8 Å². The predicted octanol–water partition coefficient (Wildman–Crippen LogP) is 1.80. The molecule has 3 heteroatoms. The molecule has 2 N–H and O–H groups in total. The quantitative estimate of drug-likeness (QED) is 0.904. The van der Waals surface area contributed by atoms with Crippen molar-refractivity contribution in [2.75, 3.05) is 0 Å². The third-order valence-corrected chi connectivity index (χ3v) is 2.01. The average Bonchev–Trinajstić information content (AvgIpc) is 2.08. The molecule has 0 radical (unpaired) electrons. The van der Waals surface area contributed by atoms with Crippen molar-refractivity contribution >= 4 is 5.91 Å². The van der Waals surface area contributed by atoms with Gasteiger partial charge in [0.05, 0.1) is 0 Å². The summed E-state index contributed by atoms with van der Waals surface area (Å²) in [4.78, 5) is 10.5. The van der Waals surface area contributed by atoms with Gasteiger partial charge in [0, 0.05) is 48.2 Å². The van der Waals surface area contributed by atoms with Gasteiger partial charge in [-0.05, 0) is 25.3 Å². The van der Waals surface area contributed by atoms with Crippen LogP contribution in [0.1, 0.15) is 24.0 Å². The van der Waals surface area contributed by atoms with Gasteiger partial charge in [-0.2, -0.15) is 0 Å². The number of aryl methyl sites for hydroxylation is 2. The molecule has 2 nitrogen and oxygen atoms in total. The molecule has 14 heavy (non-hydrogen) atoms. The molecule has 0 saturated heterocycles. The Morgan fingerprint density at radius 1 is 1.29 bits per heavy atom. The SMILES string of the molecule is Cc1ccc(CCCC(N)=O)cc1.[Ce]. The van der Waals surface area contributed by atoms with Crippen molar-refractivity contribution in [1.29, 1.82) is 0 Å². The second-order valence-corrected chi connectivity index (χ2v) is 3.31. The molecule has 0 saturated carbocycles. The van der Waals surface area contributed by atoms with E-state index in [1.165, 1.54) is 11.1 Å². The van der Waals surface area contributed by atoms with Crippen LogP contribution in [0.5, 0.6) is 0 Å². The number of rotatable bonds is 4. The predicted molar refractivity (Wildman–Crippen MR) is 53.3 cm³/mol. The number of hydrogen-bond donors (Lipinski definition) is 1. The molecule has 0 atom stereocenters. The molecule has 1 rings (SSSR count). The first-order valence-electron chi connectivity index (χ1n) is 4.52. The largest absolute Gasteiger partial charge is 0.370 e. The fourth-order valence-electron chi connectivity index (χ4n) is 1.22. The molecule has 1 aromatic rings. The van der Waals surface area contributed by atoms with Gasteiger partial charge < -0.3 is 5.73 Å². The van der Waals surface area contributed by atoms with Crippen molar-refractivity contribution in [3.05, 3.63) is 35.4 Å². The molecule has 1 aromatic carbocycles. The van der Waals surface area contributed by atoms with E-state index in [0.717, 1.165) is 12.8 Å². The molecule has 0 fully saturated rings.